The van der Waals surface area contributed by atoms with Gasteiger partial charge in [-0.2, -0.15) is 10.2 Å². The number of amides is 4. The number of hydrogen-bond donors (Lipinski definition) is 6. The van der Waals surface area contributed by atoms with Crippen molar-refractivity contribution in [2.75, 3.05) is 22.5 Å². The number of benzene rings is 1. The van der Waals surface area contributed by atoms with Crippen LogP contribution in [0.3, 0.4) is 0 Å². The van der Waals surface area contributed by atoms with Crippen LogP contribution in [0.2, 0.25) is 0 Å². The normalized spacial score (nSPS) is 10.3. The lowest BCUT2D eigenvalue weighted by molar-refractivity contribution is 0.0943. The third kappa shape index (κ3) is 8.45. The summed E-state index contributed by atoms with van der Waals surface area (Å²) in [4.78, 5) is 50.4. The van der Waals surface area contributed by atoms with E-state index in [2.05, 4.69) is 31.5 Å². The highest BCUT2D eigenvalue weighted by Gasteiger charge is 2.20. The third-order valence-corrected chi connectivity index (χ3v) is 6.08. The molecule has 16 nitrogen and oxygen atoms in total. The lowest BCUT2D eigenvalue weighted by atomic mass is 10.2. The predicted octanol–water partition coefficient (Wildman–Crippen LogP) is 2.22. The van der Waals surface area contributed by atoms with E-state index in [1.807, 2.05) is 30.3 Å². The maximum absolute atomic E-state index is 12.9. The van der Waals surface area contributed by atoms with Gasteiger partial charge in [-0.05, 0) is 11.6 Å². The molecule has 0 bridgehead atoms. The first kappa shape index (κ1) is 32.9. The molecule has 232 valence electrons. The molecule has 7 N–H and O–H groups in total. The zero-order chi connectivity index (χ0) is 31.1. The SMILES string of the molecule is Cl.Cn1cc(NC(=O)c2cc(NC(=O)OCc3ccccc3)nn2C)cc1C(=O)Nc1cc(C(=O)NCCC(=N)N)n(C)n1. The van der Waals surface area contributed by atoms with Crippen LogP contribution >= 0.6 is 12.4 Å². The zero-order valence-electron chi connectivity index (χ0n) is 24.1. The van der Waals surface area contributed by atoms with Gasteiger partial charge < -0.3 is 31.0 Å². The summed E-state index contributed by atoms with van der Waals surface area (Å²) in [5, 5.41) is 26.0. The number of ether oxygens (including phenoxy) is 1. The molecule has 0 fully saturated rings. The van der Waals surface area contributed by atoms with E-state index >= 15 is 0 Å². The molecular formula is C27H32ClN11O5. The summed E-state index contributed by atoms with van der Waals surface area (Å²) in [5.41, 5.74) is 7.02. The van der Waals surface area contributed by atoms with E-state index in [1.165, 1.54) is 32.1 Å². The first-order valence-corrected chi connectivity index (χ1v) is 13.0. The lowest BCUT2D eigenvalue weighted by Crippen LogP contribution is -2.29. The Morgan fingerprint density at radius 1 is 0.841 bits per heavy atom. The highest BCUT2D eigenvalue weighted by atomic mass is 35.5. The summed E-state index contributed by atoms with van der Waals surface area (Å²) in [7, 11) is 4.73. The molecule has 3 aromatic heterocycles. The van der Waals surface area contributed by atoms with Gasteiger partial charge in [0.1, 0.15) is 23.7 Å². The van der Waals surface area contributed by atoms with E-state index < -0.39 is 23.8 Å². The van der Waals surface area contributed by atoms with Crippen molar-refractivity contribution in [2.24, 2.45) is 26.9 Å². The van der Waals surface area contributed by atoms with E-state index in [0.717, 1.165) is 5.56 Å². The Balaban J connectivity index is 0.00000529. The quantitative estimate of drug-likeness (QED) is 0.107. The van der Waals surface area contributed by atoms with Crippen molar-refractivity contribution in [1.29, 1.82) is 5.41 Å². The fraction of sp³-hybridized carbons (Fsp3) is 0.222. The van der Waals surface area contributed by atoms with Crippen LogP contribution < -0.4 is 27.0 Å². The largest absolute Gasteiger partial charge is 0.444 e. The minimum Gasteiger partial charge on any atom is -0.444 e. The monoisotopic (exact) mass is 625 g/mol. The van der Waals surface area contributed by atoms with Gasteiger partial charge in [0.05, 0.1) is 11.5 Å². The van der Waals surface area contributed by atoms with E-state index in [0.29, 0.717) is 5.69 Å². The van der Waals surface area contributed by atoms with Crippen LogP contribution in [0, 0.1) is 5.41 Å². The maximum atomic E-state index is 12.9. The maximum Gasteiger partial charge on any atom is 0.413 e. The molecule has 0 unspecified atom stereocenters. The smallest absolute Gasteiger partial charge is 0.413 e. The number of halogens is 1. The fourth-order valence-corrected chi connectivity index (χ4v) is 3.98. The molecule has 0 radical (unpaired) electrons. The molecule has 0 aliphatic carbocycles. The lowest BCUT2D eigenvalue weighted by Gasteiger charge is -2.04. The van der Waals surface area contributed by atoms with Crippen molar-refractivity contribution in [1.82, 2.24) is 29.4 Å². The minimum atomic E-state index is -0.721. The number of amidine groups is 1. The predicted molar refractivity (Wildman–Crippen MR) is 164 cm³/mol. The molecule has 4 aromatic rings. The van der Waals surface area contributed by atoms with Crippen LogP contribution in [0.4, 0.5) is 22.1 Å². The molecule has 17 heteroatoms. The summed E-state index contributed by atoms with van der Waals surface area (Å²) >= 11 is 0. The van der Waals surface area contributed by atoms with Gasteiger partial charge in [-0.25, -0.2) is 4.79 Å². The number of nitrogens with one attached hydrogen (secondary N) is 5. The van der Waals surface area contributed by atoms with Crippen molar-refractivity contribution >= 4 is 59.4 Å². The number of nitrogens with zero attached hydrogens (tertiary/aromatic N) is 5. The molecule has 3 heterocycles. The first-order valence-electron chi connectivity index (χ1n) is 13.0. The van der Waals surface area contributed by atoms with Gasteiger partial charge in [-0.3, -0.25) is 34.5 Å². The molecule has 44 heavy (non-hydrogen) atoms. The summed E-state index contributed by atoms with van der Waals surface area (Å²) < 4.78 is 9.31. The van der Waals surface area contributed by atoms with Crippen LogP contribution in [0.1, 0.15) is 43.4 Å². The molecule has 0 aliphatic heterocycles. The molecule has 4 rings (SSSR count). The molecular weight excluding hydrogens is 594 g/mol. The second-order valence-electron chi connectivity index (χ2n) is 9.43. The highest BCUT2D eigenvalue weighted by Crippen LogP contribution is 2.18. The summed E-state index contributed by atoms with van der Waals surface area (Å²) in [5.74, 6) is -1.25. The van der Waals surface area contributed by atoms with Gasteiger partial charge in [0.15, 0.2) is 11.6 Å². The van der Waals surface area contributed by atoms with Crippen LogP contribution in [0.5, 0.6) is 0 Å². The first-order chi connectivity index (χ1) is 20.5. The molecule has 0 aliphatic rings. The van der Waals surface area contributed by atoms with Crippen LogP contribution in [-0.4, -0.2) is 60.3 Å². The molecule has 0 saturated heterocycles. The highest BCUT2D eigenvalue weighted by molar-refractivity contribution is 6.07. The van der Waals surface area contributed by atoms with Crippen LogP contribution in [0.15, 0.2) is 54.7 Å². The summed E-state index contributed by atoms with van der Waals surface area (Å²) in [6, 6.07) is 13.5. The van der Waals surface area contributed by atoms with E-state index in [1.54, 1.807) is 27.3 Å². The average molecular weight is 626 g/mol. The third-order valence-electron chi connectivity index (χ3n) is 6.08. The number of anilines is 3. The van der Waals surface area contributed by atoms with Gasteiger partial charge in [-0.1, -0.05) is 30.3 Å². The Bertz CT molecular complexity index is 1680. The Hall–Kier alpha value is -5.64. The van der Waals surface area contributed by atoms with Crippen molar-refractivity contribution in [3.05, 3.63) is 77.4 Å². The molecule has 0 saturated carbocycles. The fourth-order valence-electron chi connectivity index (χ4n) is 3.98. The average Bonchev–Trinajstić information content (AvgIpc) is 3.63. The van der Waals surface area contributed by atoms with Crippen molar-refractivity contribution in [3.63, 3.8) is 0 Å². The van der Waals surface area contributed by atoms with Gasteiger partial charge in [0, 0.05) is 52.4 Å². The van der Waals surface area contributed by atoms with Crippen molar-refractivity contribution in [2.45, 2.75) is 13.0 Å². The molecule has 1 aromatic carbocycles. The van der Waals surface area contributed by atoms with Crippen LogP contribution in [-0.2, 0) is 32.5 Å². The summed E-state index contributed by atoms with van der Waals surface area (Å²) in [6.45, 7) is 0.270. The molecule has 4 amide bonds. The van der Waals surface area contributed by atoms with Gasteiger partial charge in [0.2, 0.25) is 0 Å². The Kier molecular flexibility index (Phi) is 10.8. The Labute approximate surface area is 257 Å². The second kappa shape index (κ2) is 14.5. The van der Waals surface area contributed by atoms with E-state index in [-0.39, 0.29) is 66.5 Å². The topological polar surface area (TPSA) is 216 Å². The van der Waals surface area contributed by atoms with Gasteiger partial charge in [-0.15, -0.1) is 12.4 Å². The zero-order valence-corrected chi connectivity index (χ0v) is 24.9. The summed E-state index contributed by atoms with van der Waals surface area (Å²) in [6.07, 6.45) is 1.04. The van der Waals surface area contributed by atoms with Gasteiger partial charge >= 0.3 is 6.09 Å². The number of carbonyl (C=O) groups excluding carboxylic acids is 4. The van der Waals surface area contributed by atoms with Crippen LogP contribution in [0.25, 0.3) is 0 Å². The van der Waals surface area contributed by atoms with Gasteiger partial charge in [0.25, 0.3) is 17.7 Å². The van der Waals surface area contributed by atoms with E-state index in [9.17, 15) is 19.2 Å². The van der Waals surface area contributed by atoms with Crippen molar-refractivity contribution in [3.8, 4) is 0 Å². The Morgan fingerprint density at radius 2 is 1.43 bits per heavy atom. The number of nitrogens with two attached hydrogens (primary N) is 1. The minimum absolute atomic E-state index is 0. The Morgan fingerprint density at radius 3 is 2.07 bits per heavy atom. The number of hydrogen-bond acceptors (Lipinski definition) is 8. The van der Waals surface area contributed by atoms with Crippen molar-refractivity contribution < 1.29 is 23.9 Å². The number of carbonyl (C=O) groups is 4. The standard InChI is InChI=1S/C27H31N11O5.ClH/c1-36-14-17(11-18(36)25(40)32-22-12-19(37(2)34-22)24(39)30-10-9-21(28)29)31-26(41)20-13-23(35-38(20)3)33-27(42)43-15-16-7-5-4-6-8-16;/h4-8,11-14H,9-10,15H2,1-3H3,(H3,28,29)(H,30,39)(H,31,41)(H,32,34,40)(H,33,35,42);1H. The molecule has 0 atom stereocenters. The number of rotatable bonds is 11. The van der Waals surface area contributed by atoms with E-state index in [4.69, 9.17) is 15.9 Å². The second-order valence-corrected chi connectivity index (χ2v) is 9.43. The molecule has 0 spiro atoms. The number of aromatic nitrogens is 5. The number of aryl methyl sites for hydroxylation is 3.